The maximum absolute atomic E-state index is 11.6. The van der Waals surface area contributed by atoms with Gasteiger partial charge in [-0.25, -0.2) is 0 Å². The third-order valence-corrected chi connectivity index (χ3v) is 3.52. The van der Waals surface area contributed by atoms with E-state index in [1.165, 1.54) is 0 Å². The van der Waals surface area contributed by atoms with E-state index in [-0.39, 0.29) is 11.8 Å². The van der Waals surface area contributed by atoms with E-state index in [9.17, 15) is 9.59 Å². The molecule has 1 heterocycles. The van der Waals surface area contributed by atoms with Crippen LogP contribution in [-0.2, 0) is 9.59 Å². The molecule has 1 aliphatic rings. The van der Waals surface area contributed by atoms with Gasteiger partial charge in [0.05, 0.1) is 5.75 Å². The highest BCUT2D eigenvalue weighted by molar-refractivity contribution is 7.99. The summed E-state index contributed by atoms with van der Waals surface area (Å²) in [5.74, 6) is 1.35. The molecule has 1 rings (SSSR count). The minimum atomic E-state index is 0.105. The van der Waals surface area contributed by atoms with E-state index in [0.717, 1.165) is 25.9 Å². The molecular weight excluding hydrogens is 224 g/mol. The molecule has 0 bridgehead atoms. The van der Waals surface area contributed by atoms with Gasteiger partial charge in [0.25, 0.3) is 0 Å². The number of carbonyl (C=O) groups is 2. The Morgan fingerprint density at radius 2 is 2.00 bits per heavy atom. The van der Waals surface area contributed by atoms with Gasteiger partial charge in [-0.05, 0) is 25.0 Å². The Labute approximate surface area is 101 Å². The van der Waals surface area contributed by atoms with Gasteiger partial charge in [-0.3, -0.25) is 9.59 Å². The quantitative estimate of drug-likeness (QED) is 0.793. The first-order valence-corrected chi connectivity index (χ1v) is 7.04. The van der Waals surface area contributed by atoms with Gasteiger partial charge in [-0.2, -0.15) is 11.8 Å². The SMILES string of the molecule is CNC(=O)CC1CCN(C(=O)CSC)CC1. The Balaban J connectivity index is 2.28. The summed E-state index contributed by atoms with van der Waals surface area (Å²) in [6.45, 7) is 1.61. The van der Waals surface area contributed by atoms with Gasteiger partial charge in [0.2, 0.25) is 11.8 Å². The number of nitrogens with zero attached hydrogens (tertiary/aromatic N) is 1. The van der Waals surface area contributed by atoms with E-state index in [4.69, 9.17) is 0 Å². The molecule has 1 N–H and O–H groups in total. The number of carbonyl (C=O) groups excluding carboxylic acids is 2. The molecule has 2 amide bonds. The van der Waals surface area contributed by atoms with Crippen LogP contribution in [0, 0.1) is 5.92 Å². The van der Waals surface area contributed by atoms with Crippen molar-refractivity contribution in [3.05, 3.63) is 0 Å². The number of thioether (sulfide) groups is 1. The van der Waals surface area contributed by atoms with Crippen LogP contribution in [0.5, 0.6) is 0 Å². The standard InChI is InChI=1S/C11H20N2O2S/c1-12-10(14)7-9-3-5-13(6-4-9)11(15)8-16-2/h9H,3-8H2,1-2H3,(H,12,14). The van der Waals surface area contributed by atoms with Crippen LogP contribution in [0.15, 0.2) is 0 Å². The topological polar surface area (TPSA) is 49.4 Å². The minimum absolute atomic E-state index is 0.105. The first kappa shape index (κ1) is 13.4. The third-order valence-electron chi connectivity index (χ3n) is 2.99. The lowest BCUT2D eigenvalue weighted by Gasteiger charge is -2.31. The highest BCUT2D eigenvalue weighted by Gasteiger charge is 2.23. The summed E-state index contributed by atoms with van der Waals surface area (Å²) in [5, 5.41) is 2.64. The van der Waals surface area contributed by atoms with Crippen molar-refractivity contribution in [1.82, 2.24) is 10.2 Å². The zero-order valence-corrected chi connectivity index (χ0v) is 10.8. The molecule has 0 unspecified atom stereocenters. The summed E-state index contributed by atoms with van der Waals surface area (Å²) >= 11 is 1.56. The molecule has 1 fully saturated rings. The Kier molecular flexibility index (Phi) is 5.66. The zero-order chi connectivity index (χ0) is 12.0. The second-order valence-electron chi connectivity index (χ2n) is 4.13. The largest absolute Gasteiger partial charge is 0.359 e. The monoisotopic (exact) mass is 244 g/mol. The summed E-state index contributed by atoms with van der Waals surface area (Å²) in [4.78, 5) is 24.7. The van der Waals surface area contributed by atoms with Gasteiger partial charge in [-0.1, -0.05) is 0 Å². The molecule has 0 aromatic rings. The number of amides is 2. The molecule has 1 aliphatic heterocycles. The van der Waals surface area contributed by atoms with Crippen molar-refractivity contribution in [2.24, 2.45) is 5.92 Å². The van der Waals surface area contributed by atoms with Crippen molar-refractivity contribution in [1.29, 1.82) is 0 Å². The predicted octanol–water partition coefficient (Wildman–Crippen LogP) is 0.724. The van der Waals surface area contributed by atoms with Crippen LogP contribution in [0.2, 0.25) is 0 Å². The summed E-state index contributed by atoms with van der Waals surface area (Å²) in [5.41, 5.74) is 0. The molecule has 5 heteroatoms. The number of piperidine rings is 1. The number of hydrogen-bond acceptors (Lipinski definition) is 3. The van der Waals surface area contributed by atoms with Crippen molar-refractivity contribution in [2.75, 3.05) is 32.1 Å². The molecule has 0 atom stereocenters. The van der Waals surface area contributed by atoms with Crippen molar-refractivity contribution < 1.29 is 9.59 Å². The lowest BCUT2D eigenvalue weighted by atomic mass is 9.93. The van der Waals surface area contributed by atoms with Crippen LogP contribution < -0.4 is 5.32 Å². The zero-order valence-electron chi connectivity index (χ0n) is 9.99. The lowest BCUT2D eigenvalue weighted by Crippen LogP contribution is -2.40. The first-order chi connectivity index (χ1) is 7.67. The van der Waals surface area contributed by atoms with Crippen LogP contribution in [0.3, 0.4) is 0 Å². The van der Waals surface area contributed by atoms with Gasteiger partial charge in [0, 0.05) is 26.6 Å². The second kappa shape index (κ2) is 6.78. The summed E-state index contributed by atoms with van der Waals surface area (Å²) in [6, 6.07) is 0. The fourth-order valence-corrected chi connectivity index (χ4v) is 2.40. The molecule has 0 aromatic carbocycles. The molecule has 0 radical (unpaired) electrons. The first-order valence-electron chi connectivity index (χ1n) is 5.64. The van der Waals surface area contributed by atoms with Gasteiger partial charge in [0.15, 0.2) is 0 Å². The van der Waals surface area contributed by atoms with Gasteiger partial charge >= 0.3 is 0 Å². The summed E-state index contributed by atoms with van der Waals surface area (Å²) in [7, 11) is 1.67. The molecule has 92 valence electrons. The minimum Gasteiger partial charge on any atom is -0.359 e. The summed E-state index contributed by atoms with van der Waals surface area (Å²) in [6.07, 6.45) is 4.44. The molecule has 1 saturated heterocycles. The van der Waals surface area contributed by atoms with E-state index in [0.29, 0.717) is 18.1 Å². The molecule has 4 nitrogen and oxygen atoms in total. The molecule has 0 saturated carbocycles. The van der Waals surface area contributed by atoms with Gasteiger partial charge < -0.3 is 10.2 Å². The van der Waals surface area contributed by atoms with Crippen molar-refractivity contribution in [2.45, 2.75) is 19.3 Å². The highest BCUT2D eigenvalue weighted by Crippen LogP contribution is 2.20. The van der Waals surface area contributed by atoms with Crippen molar-refractivity contribution in [3.63, 3.8) is 0 Å². The molecular formula is C11H20N2O2S. The third kappa shape index (κ3) is 4.04. The van der Waals surface area contributed by atoms with Crippen molar-refractivity contribution >= 4 is 23.6 Å². The highest BCUT2D eigenvalue weighted by atomic mass is 32.2. The van der Waals surface area contributed by atoms with Crippen LogP contribution in [-0.4, -0.2) is 48.9 Å². The van der Waals surface area contributed by atoms with E-state index in [1.807, 2.05) is 11.2 Å². The fraction of sp³-hybridized carbons (Fsp3) is 0.818. The van der Waals surface area contributed by atoms with E-state index in [2.05, 4.69) is 5.32 Å². The predicted molar refractivity (Wildman–Crippen MR) is 66.4 cm³/mol. The van der Waals surface area contributed by atoms with Crippen molar-refractivity contribution in [3.8, 4) is 0 Å². The summed E-state index contributed by atoms with van der Waals surface area (Å²) < 4.78 is 0. The second-order valence-corrected chi connectivity index (χ2v) is 5.00. The lowest BCUT2D eigenvalue weighted by molar-refractivity contribution is -0.129. The maximum Gasteiger partial charge on any atom is 0.232 e. The van der Waals surface area contributed by atoms with Crippen LogP contribution >= 0.6 is 11.8 Å². The van der Waals surface area contributed by atoms with E-state index in [1.54, 1.807) is 18.8 Å². The Bertz CT molecular complexity index is 250. The van der Waals surface area contributed by atoms with Gasteiger partial charge in [0.1, 0.15) is 0 Å². The van der Waals surface area contributed by atoms with E-state index < -0.39 is 0 Å². The Morgan fingerprint density at radius 1 is 1.38 bits per heavy atom. The molecule has 16 heavy (non-hydrogen) atoms. The number of likely N-dealkylation sites (tertiary alicyclic amines) is 1. The average Bonchev–Trinajstić information content (AvgIpc) is 2.30. The fourth-order valence-electron chi connectivity index (χ4n) is 1.97. The maximum atomic E-state index is 11.6. The Morgan fingerprint density at radius 3 is 2.50 bits per heavy atom. The normalized spacial score (nSPS) is 17.2. The molecule has 0 aromatic heterocycles. The van der Waals surface area contributed by atoms with E-state index >= 15 is 0 Å². The Hall–Kier alpha value is -0.710. The molecule has 0 aliphatic carbocycles. The van der Waals surface area contributed by atoms with Crippen LogP contribution in [0.25, 0.3) is 0 Å². The average molecular weight is 244 g/mol. The number of rotatable bonds is 4. The number of hydrogen-bond donors (Lipinski definition) is 1. The smallest absolute Gasteiger partial charge is 0.232 e. The number of nitrogens with one attached hydrogen (secondary N) is 1. The van der Waals surface area contributed by atoms with Gasteiger partial charge in [-0.15, -0.1) is 0 Å². The van der Waals surface area contributed by atoms with Crippen LogP contribution in [0.4, 0.5) is 0 Å². The van der Waals surface area contributed by atoms with Crippen LogP contribution in [0.1, 0.15) is 19.3 Å². The molecule has 0 spiro atoms.